The third-order valence-electron chi connectivity index (χ3n) is 2.84. The van der Waals surface area contributed by atoms with Crippen molar-refractivity contribution in [2.75, 3.05) is 26.5 Å². The molecule has 1 heterocycles. The van der Waals surface area contributed by atoms with Gasteiger partial charge in [-0.15, -0.1) is 0 Å². The van der Waals surface area contributed by atoms with Gasteiger partial charge in [0.15, 0.2) is 0 Å². The summed E-state index contributed by atoms with van der Waals surface area (Å²) < 4.78 is 28.7. The number of nitrogens with one attached hydrogen (secondary N) is 1. The van der Waals surface area contributed by atoms with Gasteiger partial charge >= 0.3 is 0 Å². The molecule has 0 aliphatic carbocycles. The van der Waals surface area contributed by atoms with E-state index in [1.807, 2.05) is 6.92 Å². The second-order valence-corrected chi connectivity index (χ2v) is 6.52. The Morgan fingerprint density at radius 3 is 2.71 bits per heavy atom. The molecule has 17 heavy (non-hydrogen) atoms. The SMILES string of the molecule is C[C@H](NC(=O)CN(C)S(C)(=O)=O)[C@@H]1CCCO1. The molecule has 1 saturated heterocycles. The van der Waals surface area contributed by atoms with E-state index in [9.17, 15) is 13.2 Å². The second-order valence-electron chi connectivity index (χ2n) is 4.43. The van der Waals surface area contributed by atoms with Gasteiger partial charge in [-0.1, -0.05) is 0 Å². The number of amides is 1. The van der Waals surface area contributed by atoms with Gasteiger partial charge in [0.05, 0.1) is 24.9 Å². The van der Waals surface area contributed by atoms with Crippen LogP contribution in [0.1, 0.15) is 19.8 Å². The minimum absolute atomic E-state index is 0.0440. The maximum absolute atomic E-state index is 11.6. The summed E-state index contributed by atoms with van der Waals surface area (Å²) in [5.41, 5.74) is 0. The van der Waals surface area contributed by atoms with E-state index in [0.29, 0.717) is 0 Å². The van der Waals surface area contributed by atoms with Crippen LogP contribution < -0.4 is 5.32 Å². The number of nitrogens with zero attached hydrogens (tertiary/aromatic N) is 1. The molecule has 0 aromatic heterocycles. The van der Waals surface area contributed by atoms with Crippen molar-refractivity contribution in [1.82, 2.24) is 9.62 Å². The standard InChI is InChI=1S/C10H20N2O4S/c1-8(9-5-4-6-16-9)11-10(13)7-12(2)17(3,14)15/h8-9H,4-7H2,1-3H3,(H,11,13)/t8-,9-/m0/s1. The van der Waals surface area contributed by atoms with E-state index in [2.05, 4.69) is 5.32 Å². The van der Waals surface area contributed by atoms with Crippen molar-refractivity contribution in [3.05, 3.63) is 0 Å². The maximum Gasteiger partial charge on any atom is 0.235 e. The summed E-state index contributed by atoms with van der Waals surface area (Å²) >= 11 is 0. The Labute approximate surface area is 102 Å². The van der Waals surface area contributed by atoms with E-state index in [4.69, 9.17) is 4.74 Å². The average Bonchev–Trinajstić information content (AvgIpc) is 2.68. The lowest BCUT2D eigenvalue weighted by Gasteiger charge is -2.21. The molecule has 1 fully saturated rings. The molecule has 0 spiro atoms. The first-order valence-corrected chi connectivity index (χ1v) is 7.48. The Kier molecular flexibility index (Phi) is 4.91. The molecule has 0 unspecified atom stereocenters. The van der Waals surface area contributed by atoms with Crippen LogP contribution >= 0.6 is 0 Å². The van der Waals surface area contributed by atoms with Crippen LogP contribution in [0.15, 0.2) is 0 Å². The average molecular weight is 264 g/mol. The molecule has 7 heteroatoms. The Morgan fingerprint density at radius 2 is 2.24 bits per heavy atom. The summed E-state index contributed by atoms with van der Waals surface area (Å²) in [5, 5.41) is 2.75. The molecule has 100 valence electrons. The largest absolute Gasteiger partial charge is 0.376 e. The zero-order valence-electron chi connectivity index (χ0n) is 10.5. The van der Waals surface area contributed by atoms with E-state index in [1.165, 1.54) is 7.05 Å². The highest BCUT2D eigenvalue weighted by Crippen LogP contribution is 2.15. The smallest absolute Gasteiger partial charge is 0.235 e. The van der Waals surface area contributed by atoms with Crippen molar-refractivity contribution in [3.8, 4) is 0 Å². The van der Waals surface area contributed by atoms with Gasteiger partial charge in [0, 0.05) is 13.7 Å². The normalized spacial score (nSPS) is 22.7. The minimum Gasteiger partial charge on any atom is -0.376 e. The highest BCUT2D eigenvalue weighted by Gasteiger charge is 2.24. The minimum atomic E-state index is -3.31. The zero-order chi connectivity index (χ0) is 13.1. The first-order valence-electron chi connectivity index (χ1n) is 5.63. The van der Waals surface area contributed by atoms with Crippen molar-refractivity contribution in [2.24, 2.45) is 0 Å². The quantitative estimate of drug-likeness (QED) is 0.730. The van der Waals surface area contributed by atoms with E-state index in [0.717, 1.165) is 30.0 Å². The van der Waals surface area contributed by atoms with Crippen molar-refractivity contribution in [3.63, 3.8) is 0 Å². The summed E-state index contributed by atoms with van der Waals surface area (Å²) in [5.74, 6) is -0.305. The van der Waals surface area contributed by atoms with Crippen LogP contribution in [0.5, 0.6) is 0 Å². The molecule has 1 N–H and O–H groups in total. The number of likely N-dealkylation sites (N-methyl/N-ethyl adjacent to an activating group) is 1. The summed E-state index contributed by atoms with van der Waals surface area (Å²) in [6.45, 7) is 2.44. The van der Waals surface area contributed by atoms with Gasteiger partial charge in [-0.3, -0.25) is 4.79 Å². The molecule has 0 saturated carbocycles. The fourth-order valence-electron chi connectivity index (χ4n) is 1.71. The topological polar surface area (TPSA) is 75.7 Å². The van der Waals surface area contributed by atoms with Gasteiger partial charge in [-0.05, 0) is 19.8 Å². The van der Waals surface area contributed by atoms with Crippen molar-refractivity contribution >= 4 is 15.9 Å². The van der Waals surface area contributed by atoms with Gasteiger partial charge < -0.3 is 10.1 Å². The molecule has 1 amide bonds. The highest BCUT2D eigenvalue weighted by atomic mass is 32.2. The highest BCUT2D eigenvalue weighted by molar-refractivity contribution is 7.88. The Bertz CT molecular complexity index is 363. The molecule has 1 aliphatic rings. The van der Waals surface area contributed by atoms with Gasteiger partial charge in [0.1, 0.15) is 0 Å². The molecule has 6 nitrogen and oxygen atoms in total. The summed E-state index contributed by atoms with van der Waals surface area (Å²) in [6, 6.07) is -0.0852. The van der Waals surface area contributed by atoms with Crippen molar-refractivity contribution < 1.29 is 17.9 Å². The van der Waals surface area contributed by atoms with Crippen LogP contribution in [0.4, 0.5) is 0 Å². The third kappa shape index (κ3) is 4.61. The number of hydrogen-bond acceptors (Lipinski definition) is 4. The molecule has 2 atom stereocenters. The predicted molar refractivity (Wildman–Crippen MR) is 64.1 cm³/mol. The van der Waals surface area contributed by atoms with Crippen LogP contribution in [0.3, 0.4) is 0 Å². The lowest BCUT2D eigenvalue weighted by Crippen LogP contribution is -2.45. The summed E-state index contributed by atoms with van der Waals surface area (Å²) in [6.07, 6.45) is 3.06. The number of hydrogen-bond donors (Lipinski definition) is 1. The monoisotopic (exact) mass is 264 g/mol. The number of carbonyl (C=O) groups is 1. The number of sulfonamides is 1. The van der Waals surface area contributed by atoms with Gasteiger partial charge in [0.25, 0.3) is 0 Å². The molecule has 0 radical (unpaired) electrons. The van der Waals surface area contributed by atoms with Gasteiger partial charge in [-0.25, -0.2) is 8.42 Å². The van der Waals surface area contributed by atoms with E-state index in [1.54, 1.807) is 0 Å². The summed E-state index contributed by atoms with van der Waals surface area (Å²) in [4.78, 5) is 11.6. The van der Waals surface area contributed by atoms with Crippen molar-refractivity contribution in [2.45, 2.75) is 31.9 Å². The van der Waals surface area contributed by atoms with Crippen LogP contribution in [0, 0.1) is 0 Å². The Balaban J connectivity index is 2.38. The maximum atomic E-state index is 11.6. The molecule has 0 bridgehead atoms. The van der Waals surface area contributed by atoms with Crippen LogP contribution in [0.25, 0.3) is 0 Å². The van der Waals surface area contributed by atoms with Gasteiger partial charge in [0.2, 0.25) is 15.9 Å². The molecule has 1 rings (SSSR count). The van der Waals surface area contributed by atoms with Crippen LogP contribution in [-0.2, 0) is 19.6 Å². The van der Waals surface area contributed by atoms with Crippen LogP contribution in [0.2, 0.25) is 0 Å². The zero-order valence-corrected chi connectivity index (χ0v) is 11.3. The lowest BCUT2D eigenvalue weighted by atomic mass is 10.1. The third-order valence-corrected chi connectivity index (χ3v) is 4.11. The molecular formula is C10H20N2O4S. The number of carbonyl (C=O) groups excluding carboxylic acids is 1. The van der Waals surface area contributed by atoms with Crippen LogP contribution in [-0.4, -0.2) is 57.2 Å². The predicted octanol–water partition coefficient (Wildman–Crippen LogP) is -0.438. The van der Waals surface area contributed by atoms with Crippen molar-refractivity contribution in [1.29, 1.82) is 0 Å². The summed E-state index contributed by atoms with van der Waals surface area (Å²) in [7, 11) is -1.93. The first-order chi connectivity index (χ1) is 7.80. The Hall–Kier alpha value is -0.660. The number of ether oxygens (including phenoxy) is 1. The molecule has 0 aromatic rings. The van der Waals surface area contributed by atoms with E-state index >= 15 is 0 Å². The molecule has 0 aromatic carbocycles. The van der Waals surface area contributed by atoms with E-state index < -0.39 is 10.0 Å². The fraction of sp³-hybridized carbons (Fsp3) is 0.900. The first kappa shape index (κ1) is 14.4. The fourth-order valence-corrected chi connectivity index (χ4v) is 2.06. The second kappa shape index (κ2) is 5.79. The van der Waals surface area contributed by atoms with E-state index in [-0.39, 0.29) is 24.6 Å². The number of rotatable bonds is 5. The lowest BCUT2D eigenvalue weighted by molar-refractivity contribution is -0.122. The Morgan fingerprint density at radius 1 is 1.59 bits per heavy atom. The molecule has 1 aliphatic heterocycles. The molecular weight excluding hydrogens is 244 g/mol. The van der Waals surface area contributed by atoms with Gasteiger partial charge in [-0.2, -0.15) is 4.31 Å².